The molecule has 1 aliphatic heterocycles. The lowest BCUT2D eigenvalue weighted by Crippen LogP contribution is -2.45. The molecule has 3 rings (SSSR count). The minimum absolute atomic E-state index is 0.0718. The maximum absolute atomic E-state index is 12.3. The number of hydrogen-bond donors (Lipinski definition) is 2. The van der Waals surface area contributed by atoms with E-state index in [-0.39, 0.29) is 18.2 Å². The van der Waals surface area contributed by atoms with Crippen molar-refractivity contribution in [1.82, 2.24) is 14.9 Å². The molecular weight excluding hydrogens is 312 g/mol. The van der Waals surface area contributed by atoms with Crippen molar-refractivity contribution in [3.63, 3.8) is 0 Å². The molecule has 0 aromatic carbocycles. The number of urea groups is 1. The van der Waals surface area contributed by atoms with E-state index in [2.05, 4.69) is 27.1 Å². The largest absolute Gasteiger partial charge is 0.368 e. The number of ether oxygens (including phenoxy) is 1. The van der Waals surface area contributed by atoms with Crippen molar-refractivity contribution in [2.75, 3.05) is 11.9 Å². The van der Waals surface area contributed by atoms with Crippen LogP contribution in [0.15, 0.2) is 24.5 Å². The Morgan fingerprint density at radius 1 is 1.52 bits per heavy atom. The van der Waals surface area contributed by atoms with Gasteiger partial charge in [-0.05, 0) is 38.8 Å². The first-order valence-corrected chi connectivity index (χ1v) is 8.75. The fourth-order valence-electron chi connectivity index (χ4n) is 2.85. The van der Waals surface area contributed by atoms with Crippen molar-refractivity contribution in [2.45, 2.75) is 45.4 Å². The standard InChI is InChI=1S/C16H22N4O2S/c1-3-20-9-8-17-15(20)14-12(5-4-10-22-14)18-16(21)19-13-7-6-11(2)23-13/h6-9,12,14H,3-5,10H2,1-2H3,(H2,18,19,21)/t12-,14-/m0/s1. The monoisotopic (exact) mass is 334 g/mol. The van der Waals surface area contributed by atoms with E-state index >= 15 is 0 Å². The van der Waals surface area contributed by atoms with Gasteiger partial charge in [0.05, 0.1) is 11.0 Å². The average molecular weight is 334 g/mol. The summed E-state index contributed by atoms with van der Waals surface area (Å²) in [5.74, 6) is 0.879. The molecule has 0 bridgehead atoms. The SMILES string of the molecule is CCn1ccnc1[C@H]1OCCC[C@@H]1NC(=O)Nc1ccc(C)s1. The number of imidazole rings is 1. The predicted octanol–water partition coefficient (Wildman–Crippen LogP) is 3.31. The van der Waals surface area contributed by atoms with Gasteiger partial charge in [0.15, 0.2) is 0 Å². The lowest BCUT2D eigenvalue weighted by Gasteiger charge is -2.32. The highest BCUT2D eigenvalue weighted by Crippen LogP contribution is 2.28. The first-order valence-electron chi connectivity index (χ1n) is 7.94. The molecule has 2 N–H and O–H groups in total. The second-order valence-corrected chi connectivity index (χ2v) is 6.91. The molecule has 0 spiro atoms. The van der Waals surface area contributed by atoms with Gasteiger partial charge in [-0.15, -0.1) is 11.3 Å². The molecule has 0 saturated carbocycles. The van der Waals surface area contributed by atoms with Crippen LogP contribution in [0.3, 0.4) is 0 Å². The quantitative estimate of drug-likeness (QED) is 0.901. The lowest BCUT2D eigenvalue weighted by molar-refractivity contribution is -0.0140. The molecule has 7 heteroatoms. The Balaban J connectivity index is 1.68. The summed E-state index contributed by atoms with van der Waals surface area (Å²) in [4.78, 5) is 17.9. The number of carbonyl (C=O) groups excluding carboxylic acids is 1. The molecule has 124 valence electrons. The number of hydrogen-bond acceptors (Lipinski definition) is 4. The number of nitrogens with one attached hydrogen (secondary N) is 2. The molecule has 0 aliphatic carbocycles. The molecule has 6 nitrogen and oxygen atoms in total. The number of thiophene rings is 1. The molecule has 2 aromatic rings. The normalized spacial score (nSPS) is 21.1. The van der Waals surface area contributed by atoms with E-state index in [1.807, 2.05) is 25.3 Å². The van der Waals surface area contributed by atoms with Gasteiger partial charge in [0.2, 0.25) is 0 Å². The van der Waals surface area contributed by atoms with Gasteiger partial charge in [0.25, 0.3) is 0 Å². The van der Waals surface area contributed by atoms with Crippen molar-refractivity contribution in [2.24, 2.45) is 0 Å². The molecule has 2 aromatic heterocycles. The van der Waals surface area contributed by atoms with Gasteiger partial charge in [-0.3, -0.25) is 5.32 Å². The number of rotatable bonds is 4. The van der Waals surface area contributed by atoms with Crippen molar-refractivity contribution >= 4 is 22.4 Å². The molecule has 2 atom stereocenters. The summed E-state index contributed by atoms with van der Waals surface area (Å²) in [5, 5.41) is 6.79. The number of aromatic nitrogens is 2. The van der Waals surface area contributed by atoms with Crippen molar-refractivity contribution in [3.8, 4) is 0 Å². The summed E-state index contributed by atoms with van der Waals surface area (Å²) in [7, 11) is 0. The third-order valence-electron chi connectivity index (χ3n) is 3.96. The van der Waals surface area contributed by atoms with Crippen LogP contribution in [0.1, 0.15) is 36.6 Å². The molecular formula is C16H22N4O2S. The van der Waals surface area contributed by atoms with Crippen LogP contribution in [-0.2, 0) is 11.3 Å². The molecule has 1 aliphatic rings. The molecule has 23 heavy (non-hydrogen) atoms. The van der Waals surface area contributed by atoms with Crippen LogP contribution in [0, 0.1) is 6.92 Å². The second kappa shape index (κ2) is 7.14. The predicted molar refractivity (Wildman–Crippen MR) is 90.8 cm³/mol. The van der Waals surface area contributed by atoms with E-state index in [9.17, 15) is 4.79 Å². The summed E-state index contributed by atoms with van der Waals surface area (Å²) < 4.78 is 7.97. The Morgan fingerprint density at radius 3 is 3.13 bits per heavy atom. The van der Waals surface area contributed by atoms with E-state index in [1.165, 1.54) is 4.88 Å². The van der Waals surface area contributed by atoms with Crippen molar-refractivity contribution in [1.29, 1.82) is 0 Å². The number of nitrogens with zero attached hydrogens (tertiary/aromatic N) is 2. The van der Waals surface area contributed by atoms with Gasteiger partial charge >= 0.3 is 6.03 Å². The van der Waals surface area contributed by atoms with E-state index in [0.29, 0.717) is 6.61 Å². The Kier molecular flexibility index (Phi) is 4.97. The highest BCUT2D eigenvalue weighted by molar-refractivity contribution is 7.16. The summed E-state index contributed by atoms with van der Waals surface area (Å²) >= 11 is 1.56. The summed E-state index contributed by atoms with van der Waals surface area (Å²) in [6, 6.07) is 3.64. The number of aryl methyl sites for hydroxylation is 2. The highest BCUT2D eigenvalue weighted by Gasteiger charge is 2.31. The Hall–Kier alpha value is -1.86. The van der Waals surface area contributed by atoms with Crippen LogP contribution < -0.4 is 10.6 Å². The fourth-order valence-corrected chi connectivity index (χ4v) is 3.61. The zero-order valence-corrected chi connectivity index (χ0v) is 14.2. The van der Waals surface area contributed by atoms with E-state index in [0.717, 1.165) is 30.2 Å². The molecule has 2 amide bonds. The van der Waals surface area contributed by atoms with Gasteiger partial charge in [-0.25, -0.2) is 9.78 Å². The zero-order valence-electron chi connectivity index (χ0n) is 13.4. The van der Waals surface area contributed by atoms with Gasteiger partial charge in [-0.1, -0.05) is 0 Å². The topological polar surface area (TPSA) is 68.2 Å². The Labute approximate surface area is 139 Å². The fraction of sp³-hybridized carbons (Fsp3) is 0.500. The zero-order chi connectivity index (χ0) is 16.2. The third kappa shape index (κ3) is 3.73. The van der Waals surface area contributed by atoms with Crippen LogP contribution in [-0.4, -0.2) is 28.2 Å². The van der Waals surface area contributed by atoms with Crippen LogP contribution in [0.5, 0.6) is 0 Å². The minimum Gasteiger partial charge on any atom is -0.368 e. The molecule has 1 saturated heterocycles. The second-order valence-electron chi connectivity index (χ2n) is 5.62. The summed E-state index contributed by atoms with van der Waals surface area (Å²) in [6.07, 6.45) is 5.35. The van der Waals surface area contributed by atoms with Crippen LogP contribution in [0.4, 0.5) is 9.80 Å². The first kappa shape index (κ1) is 16.0. The van der Waals surface area contributed by atoms with E-state index in [1.54, 1.807) is 17.5 Å². The Morgan fingerprint density at radius 2 is 2.39 bits per heavy atom. The molecule has 1 fully saturated rings. The summed E-state index contributed by atoms with van der Waals surface area (Å²) in [6.45, 7) is 5.62. The van der Waals surface area contributed by atoms with E-state index < -0.39 is 0 Å². The van der Waals surface area contributed by atoms with Crippen LogP contribution in [0.2, 0.25) is 0 Å². The Bertz CT molecular complexity index is 667. The first-order chi connectivity index (χ1) is 11.2. The average Bonchev–Trinajstić information content (AvgIpc) is 3.16. The molecule has 0 unspecified atom stereocenters. The lowest BCUT2D eigenvalue weighted by atomic mass is 10.0. The summed E-state index contributed by atoms with van der Waals surface area (Å²) in [5.41, 5.74) is 0. The maximum atomic E-state index is 12.3. The molecule has 3 heterocycles. The molecule has 0 radical (unpaired) electrons. The van der Waals surface area contributed by atoms with Gasteiger partial charge in [0, 0.05) is 30.4 Å². The van der Waals surface area contributed by atoms with Crippen LogP contribution in [0.25, 0.3) is 0 Å². The van der Waals surface area contributed by atoms with Gasteiger partial charge in [0.1, 0.15) is 11.9 Å². The number of amides is 2. The number of anilines is 1. The van der Waals surface area contributed by atoms with Gasteiger partial charge in [-0.2, -0.15) is 0 Å². The minimum atomic E-state index is -0.200. The maximum Gasteiger partial charge on any atom is 0.320 e. The smallest absolute Gasteiger partial charge is 0.320 e. The van der Waals surface area contributed by atoms with Crippen LogP contribution >= 0.6 is 11.3 Å². The van der Waals surface area contributed by atoms with Crippen molar-refractivity contribution < 1.29 is 9.53 Å². The van der Waals surface area contributed by atoms with Crippen molar-refractivity contribution in [3.05, 3.63) is 35.2 Å². The third-order valence-corrected chi connectivity index (χ3v) is 4.87. The number of carbonyl (C=O) groups is 1. The van der Waals surface area contributed by atoms with Gasteiger partial charge < -0.3 is 14.6 Å². The highest BCUT2D eigenvalue weighted by atomic mass is 32.1. The van der Waals surface area contributed by atoms with E-state index in [4.69, 9.17) is 4.74 Å².